The van der Waals surface area contributed by atoms with Crippen LogP contribution in [0.4, 0.5) is 0 Å². The zero-order valence-corrected chi connectivity index (χ0v) is 17.2. The second-order valence-electron chi connectivity index (χ2n) is 9.90. The molecule has 3 atom stereocenters. The van der Waals surface area contributed by atoms with Crippen molar-refractivity contribution >= 4 is 5.91 Å². The predicted molar refractivity (Wildman–Crippen MR) is 108 cm³/mol. The fraction of sp³-hybridized carbons (Fsp3) is 0.609. The highest BCUT2D eigenvalue weighted by Gasteiger charge is 2.59. The van der Waals surface area contributed by atoms with Crippen LogP contribution in [-0.4, -0.2) is 26.7 Å². The fourth-order valence-electron chi connectivity index (χ4n) is 6.31. The van der Waals surface area contributed by atoms with Crippen molar-refractivity contribution in [2.45, 2.75) is 71.8 Å². The standard InChI is InChI=1S/C23H30N4O/c1-22(2)15-11-12-23(3,14-15)21(22)25-20(28)19-16-8-4-5-9-17(16)27(26-19)18-10-6-7-13-24-18/h6-7,10,13,15,21H,4-5,8-9,11-12,14H2,1-3H3,(H,25,28). The molecule has 0 spiro atoms. The molecule has 0 saturated heterocycles. The molecule has 3 aliphatic carbocycles. The third-order valence-electron chi connectivity index (χ3n) is 7.81. The summed E-state index contributed by atoms with van der Waals surface area (Å²) >= 11 is 0. The zero-order valence-electron chi connectivity index (χ0n) is 17.2. The maximum Gasteiger partial charge on any atom is 0.272 e. The van der Waals surface area contributed by atoms with Crippen molar-refractivity contribution < 1.29 is 4.79 Å². The molecule has 0 radical (unpaired) electrons. The summed E-state index contributed by atoms with van der Waals surface area (Å²) in [5.41, 5.74) is 3.26. The lowest BCUT2D eigenvalue weighted by Crippen LogP contribution is -2.52. The van der Waals surface area contributed by atoms with E-state index in [0.717, 1.165) is 42.8 Å². The molecule has 2 bridgehead atoms. The molecule has 5 rings (SSSR count). The molecule has 1 N–H and O–H groups in total. The summed E-state index contributed by atoms with van der Waals surface area (Å²) in [6.07, 6.45) is 9.67. The third kappa shape index (κ3) is 2.55. The van der Waals surface area contributed by atoms with Crippen LogP contribution < -0.4 is 5.32 Å². The largest absolute Gasteiger partial charge is 0.347 e. The van der Waals surface area contributed by atoms with Crippen LogP contribution in [-0.2, 0) is 12.8 Å². The molecule has 0 aromatic carbocycles. The molecule has 2 heterocycles. The summed E-state index contributed by atoms with van der Waals surface area (Å²) in [6.45, 7) is 7.01. The van der Waals surface area contributed by atoms with Gasteiger partial charge in [0.25, 0.3) is 5.91 Å². The van der Waals surface area contributed by atoms with Gasteiger partial charge in [0.15, 0.2) is 11.5 Å². The van der Waals surface area contributed by atoms with Gasteiger partial charge < -0.3 is 5.32 Å². The molecule has 2 aromatic heterocycles. The van der Waals surface area contributed by atoms with E-state index in [-0.39, 0.29) is 22.8 Å². The van der Waals surface area contributed by atoms with Gasteiger partial charge >= 0.3 is 0 Å². The van der Waals surface area contributed by atoms with Crippen LogP contribution in [0, 0.1) is 16.7 Å². The average Bonchev–Trinajstić information content (AvgIpc) is 3.33. The van der Waals surface area contributed by atoms with Crippen LogP contribution >= 0.6 is 0 Å². The van der Waals surface area contributed by atoms with Crippen LogP contribution in [0.15, 0.2) is 24.4 Å². The van der Waals surface area contributed by atoms with E-state index in [4.69, 9.17) is 5.10 Å². The summed E-state index contributed by atoms with van der Waals surface area (Å²) in [6, 6.07) is 6.05. The monoisotopic (exact) mass is 378 g/mol. The number of rotatable bonds is 3. The van der Waals surface area contributed by atoms with Gasteiger partial charge in [-0.25, -0.2) is 9.67 Å². The number of hydrogen-bond donors (Lipinski definition) is 1. The van der Waals surface area contributed by atoms with Gasteiger partial charge in [0, 0.05) is 17.8 Å². The first kappa shape index (κ1) is 17.9. The fourth-order valence-corrected chi connectivity index (χ4v) is 6.31. The van der Waals surface area contributed by atoms with Crippen LogP contribution in [0.25, 0.3) is 5.82 Å². The molecule has 2 aromatic rings. The molecule has 2 fully saturated rings. The number of carbonyl (C=O) groups excluding carboxylic acids is 1. The van der Waals surface area contributed by atoms with Crippen molar-refractivity contribution in [2.75, 3.05) is 0 Å². The maximum atomic E-state index is 13.4. The van der Waals surface area contributed by atoms with E-state index in [0.29, 0.717) is 11.6 Å². The Morgan fingerprint density at radius 1 is 1.21 bits per heavy atom. The molecule has 5 heteroatoms. The van der Waals surface area contributed by atoms with Gasteiger partial charge in [0.2, 0.25) is 0 Å². The van der Waals surface area contributed by atoms with Crippen LogP contribution in [0.1, 0.15) is 74.6 Å². The molecular formula is C23H30N4O. The molecule has 3 unspecified atom stereocenters. The molecule has 148 valence electrons. The third-order valence-corrected chi connectivity index (χ3v) is 7.81. The summed E-state index contributed by atoms with van der Waals surface area (Å²) in [5.74, 6) is 1.51. The Hall–Kier alpha value is -2.17. The molecule has 28 heavy (non-hydrogen) atoms. The second-order valence-corrected chi connectivity index (χ2v) is 9.90. The van der Waals surface area contributed by atoms with Gasteiger partial charge in [0.1, 0.15) is 0 Å². The zero-order chi connectivity index (χ0) is 19.5. The van der Waals surface area contributed by atoms with Gasteiger partial charge in [-0.1, -0.05) is 26.8 Å². The first-order chi connectivity index (χ1) is 13.4. The van der Waals surface area contributed by atoms with E-state index in [1.54, 1.807) is 6.20 Å². The molecule has 1 amide bonds. The van der Waals surface area contributed by atoms with E-state index >= 15 is 0 Å². The highest BCUT2D eigenvalue weighted by Crippen LogP contribution is 2.62. The van der Waals surface area contributed by atoms with Crippen LogP contribution in [0.2, 0.25) is 0 Å². The minimum absolute atomic E-state index is 0.000295. The SMILES string of the molecule is CC12CCC(C1)C(C)(C)C2NC(=O)c1nn(-c2ccccn2)c2c1CCCC2. The van der Waals surface area contributed by atoms with E-state index in [9.17, 15) is 4.79 Å². The Labute approximate surface area is 166 Å². The lowest BCUT2D eigenvalue weighted by Gasteiger charge is -2.43. The minimum atomic E-state index is -0.000295. The Morgan fingerprint density at radius 3 is 2.75 bits per heavy atom. The van der Waals surface area contributed by atoms with E-state index in [2.05, 4.69) is 31.1 Å². The van der Waals surface area contributed by atoms with E-state index in [1.807, 2.05) is 22.9 Å². The first-order valence-corrected chi connectivity index (χ1v) is 10.7. The van der Waals surface area contributed by atoms with E-state index < -0.39 is 0 Å². The number of pyridine rings is 1. The Bertz CT molecular complexity index is 911. The van der Waals surface area contributed by atoms with Crippen molar-refractivity contribution in [3.8, 4) is 5.82 Å². The topological polar surface area (TPSA) is 59.8 Å². The van der Waals surface area contributed by atoms with Crippen molar-refractivity contribution in [1.29, 1.82) is 0 Å². The summed E-state index contributed by atoms with van der Waals surface area (Å²) in [7, 11) is 0. The molecule has 0 aliphatic heterocycles. The Balaban J connectivity index is 1.50. The number of aromatic nitrogens is 3. The lowest BCUT2D eigenvalue weighted by atomic mass is 9.68. The molecular weight excluding hydrogens is 348 g/mol. The second kappa shape index (κ2) is 6.16. The Kier molecular flexibility index (Phi) is 3.94. The van der Waals surface area contributed by atoms with Crippen molar-refractivity contribution in [2.24, 2.45) is 16.7 Å². The highest BCUT2D eigenvalue weighted by molar-refractivity contribution is 5.94. The summed E-state index contributed by atoms with van der Waals surface area (Å²) < 4.78 is 1.90. The van der Waals surface area contributed by atoms with Gasteiger partial charge in [0.05, 0.1) is 5.69 Å². The van der Waals surface area contributed by atoms with Gasteiger partial charge in [-0.2, -0.15) is 5.10 Å². The number of nitrogens with zero attached hydrogens (tertiary/aromatic N) is 3. The number of nitrogens with one attached hydrogen (secondary N) is 1. The van der Waals surface area contributed by atoms with Crippen molar-refractivity contribution in [1.82, 2.24) is 20.1 Å². The Morgan fingerprint density at radius 2 is 2.04 bits per heavy atom. The van der Waals surface area contributed by atoms with Crippen molar-refractivity contribution in [3.05, 3.63) is 41.3 Å². The summed E-state index contributed by atoms with van der Waals surface area (Å²) in [5, 5.41) is 8.22. The first-order valence-electron chi connectivity index (χ1n) is 10.7. The van der Waals surface area contributed by atoms with Gasteiger partial charge in [-0.05, 0) is 73.8 Å². The van der Waals surface area contributed by atoms with Crippen LogP contribution in [0.3, 0.4) is 0 Å². The van der Waals surface area contributed by atoms with Crippen LogP contribution in [0.5, 0.6) is 0 Å². The highest BCUT2D eigenvalue weighted by atomic mass is 16.2. The quantitative estimate of drug-likeness (QED) is 0.875. The lowest BCUT2D eigenvalue weighted by molar-refractivity contribution is 0.0732. The number of hydrogen-bond acceptors (Lipinski definition) is 3. The van der Waals surface area contributed by atoms with Gasteiger partial charge in [-0.3, -0.25) is 4.79 Å². The maximum absolute atomic E-state index is 13.4. The molecule has 5 nitrogen and oxygen atoms in total. The average molecular weight is 379 g/mol. The number of fused-ring (bicyclic) bond motifs is 3. The predicted octanol–water partition coefficient (Wildman–Crippen LogP) is 4.09. The minimum Gasteiger partial charge on any atom is -0.347 e. The number of amides is 1. The summed E-state index contributed by atoms with van der Waals surface area (Å²) in [4.78, 5) is 17.9. The molecule has 2 saturated carbocycles. The number of carbonyl (C=O) groups is 1. The van der Waals surface area contributed by atoms with Gasteiger partial charge in [-0.15, -0.1) is 0 Å². The normalized spacial score (nSPS) is 30.2. The smallest absolute Gasteiger partial charge is 0.272 e. The molecule has 3 aliphatic rings. The van der Waals surface area contributed by atoms with E-state index in [1.165, 1.54) is 19.3 Å². The van der Waals surface area contributed by atoms with Crippen molar-refractivity contribution in [3.63, 3.8) is 0 Å².